The molecule has 202 valence electrons. The van der Waals surface area contributed by atoms with E-state index in [2.05, 4.69) is 5.32 Å². The zero-order chi connectivity index (χ0) is 27.8. The molecule has 3 aromatic carbocycles. The lowest BCUT2D eigenvalue weighted by Gasteiger charge is -2.32. The molecule has 0 aliphatic carbocycles. The van der Waals surface area contributed by atoms with E-state index in [1.54, 1.807) is 12.1 Å². The molecule has 0 fully saturated rings. The molecule has 0 aliphatic rings. The number of nitrogens with one attached hydrogen (secondary N) is 1. The van der Waals surface area contributed by atoms with Gasteiger partial charge in [0, 0.05) is 17.6 Å². The van der Waals surface area contributed by atoms with Gasteiger partial charge in [0.15, 0.2) is 0 Å². The van der Waals surface area contributed by atoms with Gasteiger partial charge in [-0.3, -0.25) is 9.59 Å². The summed E-state index contributed by atoms with van der Waals surface area (Å²) in [5, 5.41) is 2.94. The van der Waals surface area contributed by atoms with Crippen molar-refractivity contribution in [3.8, 4) is 5.75 Å². The summed E-state index contributed by atoms with van der Waals surface area (Å²) in [6.45, 7) is 5.51. The molecular weight excluding hydrogens is 502 g/mol. The van der Waals surface area contributed by atoms with E-state index in [0.717, 1.165) is 5.56 Å². The topological polar surface area (TPSA) is 119 Å². The quantitative estimate of drug-likeness (QED) is 0.365. The monoisotopic (exact) mass is 537 g/mol. The van der Waals surface area contributed by atoms with Crippen molar-refractivity contribution in [2.24, 2.45) is 5.73 Å². The predicted octanol–water partition coefficient (Wildman–Crippen LogP) is 3.77. The van der Waals surface area contributed by atoms with Gasteiger partial charge in [-0.1, -0.05) is 48.5 Å². The van der Waals surface area contributed by atoms with Crippen molar-refractivity contribution in [1.29, 1.82) is 0 Å². The fraction of sp³-hybridized carbons (Fsp3) is 0.310. The molecule has 0 spiro atoms. The van der Waals surface area contributed by atoms with E-state index in [1.807, 2.05) is 69.3 Å². The van der Waals surface area contributed by atoms with E-state index in [0.29, 0.717) is 12.2 Å². The normalized spacial score (nSPS) is 12.6. The third-order valence-corrected chi connectivity index (χ3v) is 7.69. The molecule has 8 nitrogen and oxygen atoms in total. The van der Waals surface area contributed by atoms with E-state index in [1.165, 1.54) is 28.6 Å². The van der Waals surface area contributed by atoms with Gasteiger partial charge in [0.1, 0.15) is 18.4 Å². The van der Waals surface area contributed by atoms with Crippen LogP contribution in [0.1, 0.15) is 43.1 Å². The van der Waals surface area contributed by atoms with Gasteiger partial charge in [-0.15, -0.1) is 0 Å². The standard InChI is InChI=1S/C29H35N3O5S/c1-29(2,3)31-28(34)26(19-14-22-10-6-4-7-11-22)32(20-21-37-24-12-8-5-9-13-24)38(35,36)25-17-15-23(16-18-25)27(30)33/h4-13,15-18,26H,14,19-21H2,1-3H3,(H2,30,33)(H,31,34). The van der Waals surface area contributed by atoms with Crippen LogP contribution in [0.2, 0.25) is 0 Å². The van der Waals surface area contributed by atoms with Crippen LogP contribution < -0.4 is 15.8 Å². The fourth-order valence-corrected chi connectivity index (χ4v) is 5.55. The average molecular weight is 538 g/mol. The summed E-state index contributed by atoms with van der Waals surface area (Å²) in [6.07, 6.45) is 0.755. The number of hydrogen-bond acceptors (Lipinski definition) is 5. The summed E-state index contributed by atoms with van der Waals surface area (Å²) in [5.74, 6) is -0.464. The maximum Gasteiger partial charge on any atom is 0.248 e. The van der Waals surface area contributed by atoms with Gasteiger partial charge in [-0.2, -0.15) is 4.31 Å². The third kappa shape index (κ3) is 8.16. The molecular formula is C29H35N3O5S. The van der Waals surface area contributed by atoms with Crippen LogP contribution in [-0.4, -0.2) is 49.3 Å². The van der Waals surface area contributed by atoms with Crippen molar-refractivity contribution in [1.82, 2.24) is 9.62 Å². The number of aryl methyl sites for hydroxylation is 1. The minimum absolute atomic E-state index is 0.0350. The Bertz CT molecular complexity index is 1310. The Hall–Kier alpha value is -3.69. The predicted molar refractivity (Wildman–Crippen MR) is 147 cm³/mol. The van der Waals surface area contributed by atoms with Crippen molar-refractivity contribution in [3.63, 3.8) is 0 Å². The molecule has 3 rings (SSSR count). The fourth-order valence-electron chi connectivity index (χ4n) is 3.95. The highest BCUT2D eigenvalue weighted by Crippen LogP contribution is 2.23. The van der Waals surface area contributed by atoms with Crippen molar-refractivity contribution >= 4 is 21.8 Å². The molecule has 1 atom stereocenters. The smallest absolute Gasteiger partial charge is 0.248 e. The number of hydrogen-bond donors (Lipinski definition) is 2. The number of amides is 2. The summed E-state index contributed by atoms with van der Waals surface area (Å²) >= 11 is 0. The molecule has 38 heavy (non-hydrogen) atoms. The highest BCUT2D eigenvalue weighted by molar-refractivity contribution is 7.89. The minimum atomic E-state index is -4.16. The van der Waals surface area contributed by atoms with Crippen LogP contribution in [0.5, 0.6) is 5.75 Å². The number of nitrogens with two attached hydrogens (primary N) is 1. The number of benzene rings is 3. The van der Waals surface area contributed by atoms with E-state index >= 15 is 0 Å². The number of primary amides is 1. The lowest BCUT2D eigenvalue weighted by molar-refractivity contribution is -0.126. The van der Waals surface area contributed by atoms with Crippen LogP contribution >= 0.6 is 0 Å². The molecule has 9 heteroatoms. The summed E-state index contributed by atoms with van der Waals surface area (Å²) in [4.78, 5) is 25.0. The molecule has 0 bridgehead atoms. The highest BCUT2D eigenvalue weighted by atomic mass is 32.2. The summed E-state index contributed by atoms with van der Waals surface area (Å²) in [7, 11) is -4.16. The number of para-hydroxylation sites is 1. The number of carbonyl (C=O) groups is 2. The molecule has 3 N–H and O–H groups in total. The molecule has 0 radical (unpaired) electrons. The molecule has 2 amide bonds. The lowest BCUT2D eigenvalue weighted by atomic mass is 10.0. The zero-order valence-corrected chi connectivity index (χ0v) is 22.8. The minimum Gasteiger partial charge on any atom is -0.492 e. The first-order valence-electron chi connectivity index (χ1n) is 12.4. The summed E-state index contributed by atoms with van der Waals surface area (Å²) in [6, 6.07) is 23.0. The summed E-state index contributed by atoms with van der Waals surface area (Å²) in [5.41, 5.74) is 5.94. The van der Waals surface area contributed by atoms with Gasteiger partial charge in [0.05, 0.1) is 4.90 Å². The number of nitrogens with zero attached hydrogens (tertiary/aromatic N) is 1. The molecule has 1 unspecified atom stereocenters. The Morgan fingerprint density at radius 2 is 1.50 bits per heavy atom. The lowest BCUT2D eigenvalue weighted by Crippen LogP contribution is -2.54. The first-order valence-corrected chi connectivity index (χ1v) is 13.9. The van der Waals surface area contributed by atoms with Gasteiger partial charge in [0.25, 0.3) is 0 Å². The van der Waals surface area contributed by atoms with E-state index in [-0.39, 0.29) is 30.0 Å². The van der Waals surface area contributed by atoms with E-state index in [9.17, 15) is 18.0 Å². The van der Waals surface area contributed by atoms with Crippen molar-refractivity contribution in [2.75, 3.05) is 13.2 Å². The van der Waals surface area contributed by atoms with Crippen molar-refractivity contribution < 1.29 is 22.7 Å². The molecule has 0 saturated carbocycles. The number of rotatable bonds is 12. The van der Waals surface area contributed by atoms with Gasteiger partial charge in [0.2, 0.25) is 21.8 Å². The Balaban J connectivity index is 1.97. The first kappa shape index (κ1) is 28.9. The van der Waals surface area contributed by atoms with Gasteiger partial charge in [-0.05, 0) is 75.6 Å². The largest absolute Gasteiger partial charge is 0.492 e. The molecule has 0 aliphatic heterocycles. The van der Waals surface area contributed by atoms with E-state index in [4.69, 9.17) is 10.5 Å². The second kappa shape index (κ2) is 12.7. The Morgan fingerprint density at radius 3 is 2.05 bits per heavy atom. The van der Waals surface area contributed by atoms with Crippen molar-refractivity contribution in [2.45, 2.75) is 50.1 Å². The van der Waals surface area contributed by atoms with Crippen LogP contribution in [-0.2, 0) is 21.2 Å². The SMILES string of the molecule is CC(C)(C)NC(=O)C(CCc1ccccc1)N(CCOc1ccccc1)S(=O)(=O)c1ccc(C(N)=O)cc1. The molecule has 0 heterocycles. The van der Waals surface area contributed by atoms with Crippen LogP contribution in [0, 0.1) is 0 Å². The number of ether oxygens (including phenoxy) is 1. The summed E-state index contributed by atoms with van der Waals surface area (Å²) < 4.78 is 34.9. The first-order chi connectivity index (χ1) is 18.0. The van der Waals surface area contributed by atoms with Gasteiger partial charge < -0.3 is 15.8 Å². The molecule has 3 aromatic rings. The maximum atomic E-state index is 14.0. The van der Waals surface area contributed by atoms with Gasteiger partial charge >= 0.3 is 0 Å². The van der Waals surface area contributed by atoms with Crippen LogP contribution in [0.15, 0.2) is 89.8 Å². The Morgan fingerprint density at radius 1 is 0.921 bits per heavy atom. The van der Waals surface area contributed by atoms with Crippen LogP contribution in [0.4, 0.5) is 0 Å². The second-order valence-corrected chi connectivity index (χ2v) is 11.8. The second-order valence-electron chi connectivity index (χ2n) is 9.95. The van der Waals surface area contributed by atoms with Crippen LogP contribution in [0.3, 0.4) is 0 Å². The number of sulfonamides is 1. The van der Waals surface area contributed by atoms with Gasteiger partial charge in [-0.25, -0.2) is 8.42 Å². The number of carbonyl (C=O) groups excluding carboxylic acids is 2. The third-order valence-electron chi connectivity index (χ3n) is 5.77. The highest BCUT2D eigenvalue weighted by Gasteiger charge is 2.37. The Labute approximate surface area is 224 Å². The Kier molecular flexibility index (Phi) is 9.66. The maximum absolute atomic E-state index is 14.0. The molecule has 0 saturated heterocycles. The zero-order valence-electron chi connectivity index (χ0n) is 22.0. The molecule has 0 aromatic heterocycles. The average Bonchev–Trinajstić information content (AvgIpc) is 2.88. The van der Waals surface area contributed by atoms with E-state index < -0.39 is 33.4 Å². The van der Waals surface area contributed by atoms with Crippen LogP contribution in [0.25, 0.3) is 0 Å². The van der Waals surface area contributed by atoms with Crippen molar-refractivity contribution in [3.05, 3.63) is 96.1 Å².